The van der Waals surface area contributed by atoms with Crippen molar-refractivity contribution in [1.29, 1.82) is 0 Å². The van der Waals surface area contributed by atoms with E-state index in [0.717, 1.165) is 5.56 Å². The van der Waals surface area contributed by atoms with Crippen LogP contribution >= 0.6 is 0 Å². The SMILES string of the molecule is CCOc1ccc(S(=O)(=O)N[C@@H](C)c2ccncc2)cc1. The lowest BCUT2D eigenvalue weighted by Crippen LogP contribution is -2.26. The fraction of sp³-hybridized carbons (Fsp3) is 0.267. The summed E-state index contributed by atoms with van der Waals surface area (Å²) in [4.78, 5) is 4.13. The second kappa shape index (κ2) is 6.69. The fourth-order valence-corrected chi connectivity index (χ4v) is 3.13. The summed E-state index contributed by atoms with van der Waals surface area (Å²) in [5.41, 5.74) is 0.861. The van der Waals surface area contributed by atoms with Crippen molar-refractivity contribution in [3.63, 3.8) is 0 Å². The van der Waals surface area contributed by atoms with Gasteiger partial charge in [0.1, 0.15) is 5.75 Å². The predicted octanol–water partition coefficient (Wildman–Crippen LogP) is 2.52. The third-order valence-corrected chi connectivity index (χ3v) is 4.54. The van der Waals surface area contributed by atoms with Gasteiger partial charge < -0.3 is 4.74 Å². The number of nitrogens with one attached hydrogen (secondary N) is 1. The molecule has 21 heavy (non-hydrogen) atoms. The van der Waals surface area contributed by atoms with Gasteiger partial charge in [0.15, 0.2) is 0 Å². The van der Waals surface area contributed by atoms with Crippen LogP contribution in [0.15, 0.2) is 53.7 Å². The van der Waals surface area contributed by atoms with E-state index in [2.05, 4.69) is 9.71 Å². The van der Waals surface area contributed by atoms with E-state index in [9.17, 15) is 8.42 Å². The van der Waals surface area contributed by atoms with Crippen LogP contribution in [0.4, 0.5) is 0 Å². The van der Waals surface area contributed by atoms with Crippen LogP contribution in [0.2, 0.25) is 0 Å². The Labute approximate surface area is 125 Å². The van der Waals surface area contributed by atoms with Crippen LogP contribution in [0.5, 0.6) is 5.75 Å². The van der Waals surface area contributed by atoms with Crippen molar-refractivity contribution in [1.82, 2.24) is 9.71 Å². The molecule has 0 saturated carbocycles. The molecule has 0 aliphatic heterocycles. The van der Waals surface area contributed by atoms with Gasteiger partial charge in [0.05, 0.1) is 11.5 Å². The first-order valence-corrected chi connectivity index (χ1v) is 8.16. The summed E-state index contributed by atoms with van der Waals surface area (Å²) < 4.78 is 32.6. The van der Waals surface area contributed by atoms with Crippen molar-refractivity contribution in [3.05, 3.63) is 54.4 Å². The largest absolute Gasteiger partial charge is 0.494 e. The molecule has 112 valence electrons. The molecule has 1 aromatic heterocycles. The van der Waals surface area contributed by atoms with Gasteiger partial charge in [0.25, 0.3) is 0 Å². The van der Waals surface area contributed by atoms with Gasteiger partial charge in [-0.25, -0.2) is 13.1 Å². The molecule has 0 spiro atoms. The zero-order chi connectivity index (χ0) is 15.3. The van der Waals surface area contributed by atoms with Crippen molar-refractivity contribution in [2.45, 2.75) is 24.8 Å². The van der Waals surface area contributed by atoms with E-state index < -0.39 is 10.0 Å². The molecule has 0 aliphatic carbocycles. The minimum atomic E-state index is -3.57. The summed E-state index contributed by atoms with van der Waals surface area (Å²) >= 11 is 0. The molecule has 5 nitrogen and oxygen atoms in total. The van der Waals surface area contributed by atoms with Gasteiger partial charge in [-0.05, 0) is 55.8 Å². The molecular weight excluding hydrogens is 288 g/mol. The first-order valence-electron chi connectivity index (χ1n) is 6.68. The maximum Gasteiger partial charge on any atom is 0.241 e. The summed E-state index contributed by atoms with van der Waals surface area (Å²) in [5, 5.41) is 0. The number of rotatable bonds is 6. The Bertz CT molecular complexity index is 670. The molecule has 0 unspecified atom stereocenters. The lowest BCUT2D eigenvalue weighted by Gasteiger charge is -2.14. The molecule has 2 rings (SSSR count). The van der Waals surface area contributed by atoms with Crippen LogP contribution in [0.1, 0.15) is 25.5 Å². The number of ether oxygens (including phenoxy) is 1. The molecule has 0 bridgehead atoms. The maximum atomic E-state index is 12.3. The van der Waals surface area contributed by atoms with Crippen LogP contribution in [-0.2, 0) is 10.0 Å². The Balaban J connectivity index is 2.14. The van der Waals surface area contributed by atoms with Crippen molar-refractivity contribution in [3.8, 4) is 5.75 Å². The Morgan fingerprint density at radius 3 is 2.33 bits per heavy atom. The van der Waals surface area contributed by atoms with Gasteiger partial charge in [-0.1, -0.05) is 0 Å². The molecule has 0 fully saturated rings. The van der Waals surface area contributed by atoms with Gasteiger partial charge in [-0.15, -0.1) is 0 Å². The van der Waals surface area contributed by atoms with Gasteiger partial charge in [0, 0.05) is 18.4 Å². The Morgan fingerprint density at radius 1 is 1.14 bits per heavy atom. The summed E-state index contributed by atoms with van der Waals surface area (Å²) in [6, 6.07) is 9.60. The van der Waals surface area contributed by atoms with Crippen molar-refractivity contribution < 1.29 is 13.2 Å². The molecule has 1 atom stereocenters. The standard InChI is InChI=1S/C15H18N2O3S/c1-3-20-14-4-6-15(7-5-14)21(18,19)17-12(2)13-8-10-16-11-9-13/h4-12,17H,3H2,1-2H3/t12-/m0/s1. The number of aromatic nitrogens is 1. The lowest BCUT2D eigenvalue weighted by atomic mass is 10.1. The smallest absolute Gasteiger partial charge is 0.241 e. The number of pyridine rings is 1. The third kappa shape index (κ3) is 4.03. The molecule has 0 aliphatic rings. The molecule has 0 amide bonds. The number of hydrogen-bond acceptors (Lipinski definition) is 4. The first-order chi connectivity index (χ1) is 10.0. The topological polar surface area (TPSA) is 68.3 Å². The summed E-state index contributed by atoms with van der Waals surface area (Å²) in [5.74, 6) is 0.652. The Kier molecular flexibility index (Phi) is 4.93. The average Bonchev–Trinajstić information content (AvgIpc) is 2.48. The molecular formula is C15H18N2O3S. The average molecular weight is 306 g/mol. The molecule has 1 heterocycles. The van der Waals surface area contributed by atoms with Gasteiger partial charge in [0.2, 0.25) is 10.0 Å². The normalized spacial score (nSPS) is 12.9. The molecule has 1 N–H and O–H groups in total. The summed E-state index contributed by atoms with van der Waals surface area (Å²) in [6.07, 6.45) is 3.27. The van der Waals surface area contributed by atoms with E-state index in [-0.39, 0.29) is 10.9 Å². The highest BCUT2D eigenvalue weighted by molar-refractivity contribution is 7.89. The first kappa shape index (κ1) is 15.5. The molecule has 2 aromatic rings. The number of benzene rings is 1. The number of hydrogen-bond donors (Lipinski definition) is 1. The predicted molar refractivity (Wildman–Crippen MR) is 80.6 cm³/mol. The quantitative estimate of drug-likeness (QED) is 0.890. The zero-order valence-electron chi connectivity index (χ0n) is 12.0. The zero-order valence-corrected chi connectivity index (χ0v) is 12.8. The number of nitrogens with zero attached hydrogens (tertiary/aromatic N) is 1. The highest BCUT2D eigenvalue weighted by atomic mass is 32.2. The fourth-order valence-electron chi connectivity index (χ4n) is 1.90. The van der Waals surface area contributed by atoms with Crippen LogP contribution in [0.3, 0.4) is 0 Å². The maximum absolute atomic E-state index is 12.3. The van der Waals surface area contributed by atoms with Gasteiger partial charge in [-0.2, -0.15) is 0 Å². The third-order valence-electron chi connectivity index (χ3n) is 2.98. The van der Waals surface area contributed by atoms with E-state index in [0.29, 0.717) is 12.4 Å². The Morgan fingerprint density at radius 2 is 1.76 bits per heavy atom. The number of sulfonamides is 1. The van der Waals surface area contributed by atoms with E-state index in [4.69, 9.17) is 4.74 Å². The molecule has 0 radical (unpaired) electrons. The highest BCUT2D eigenvalue weighted by Crippen LogP contribution is 2.19. The van der Waals surface area contributed by atoms with E-state index in [1.807, 2.05) is 6.92 Å². The van der Waals surface area contributed by atoms with Crippen LogP contribution in [0, 0.1) is 0 Å². The second-order valence-corrected chi connectivity index (χ2v) is 6.24. The minimum absolute atomic E-state index is 0.215. The molecule has 1 aromatic carbocycles. The molecule has 0 saturated heterocycles. The molecule has 6 heteroatoms. The van der Waals surface area contributed by atoms with Gasteiger partial charge >= 0.3 is 0 Å². The lowest BCUT2D eigenvalue weighted by molar-refractivity contribution is 0.340. The summed E-state index contributed by atoms with van der Waals surface area (Å²) in [6.45, 7) is 4.22. The van der Waals surface area contributed by atoms with Crippen molar-refractivity contribution in [2.75, 3.05) is 6.61 Å². The van der Waals surface area contributed by atoms with Crippen LogP contribution < -0.4 is 9.46 Å². The van der Waals surface area contributed by atoms with Gasteiger partial charge in [-0.3, -0.25) is 4.98 Å². The van der Waals surface area contributed by atoms with Crippen LogP contribution in [0.25, 0.3) is 0 Å². The highest BCUT2D eigenvalue weighted by Gasteiger charge is 2.18. The second-order valence-electron chi connectivity index (χ2n) is 4.53. The summed E-state index contributed by atoms with van der Waals surface area (Å²) in [7, 11) is -3.57. The van der Waals surface area contributed by atoms with Crippen LogP contribution in [-0.4, -0.2) is 20.0 Å². The van der Waals surface area contributed by atoms with Crippen molar-refractivity contribution >= 4 is 10.0 Å². The van der Waals surface area contributed by atoms with Crippen molar-refractivity contribution in [2.24, 2.45) is 0 Å². The monoisotopic (exact) mass is 306 g/mol. The Hall–Kier alpha value is -1.92. The van der Waals surface area contributed by atoms with E-state index >= 15 is 0 Å². The van der Waals surface area contributed by atoms with E-state index in [1.54, 1.807) is 43.6 Å². The van der Waals surface area contributed by atoms with E-state index in [1.165, 1.54) is 12.1 Å². The minimum Gasteiger partial charge on any atom is -0.494 e.